The van der Waals surface area contributed by atoms with Crippen LogP contribution in [0.1, 0.15) is 17.7 Å². The highest BCUT2D eigenvalue weighted by atomic mass is 14.6. The van der Waals surface area contributed by atoms with E-state index in [0.29, 0.717) is 0 Å². The van der Waals surface area contributed by atoms with Crippen molar-refractivity contribution in [3.63, 3.8) is 0 Å². The van der Waals surface area contributed by atoms with Gasteiger partial charge in [-0.2, -0.15) is 5.26 Å². The molecular weight excluding hydrogens is 148 g/mol. The Kier molecular flexibility index (Phi) is 2.87. The van der Waals surface area contributed by atoms with E-state index in [1.165, 1.54) is 0 Å². The van der Waals surface area contributed by atoms with Crippen molar-refractivity contribution in [1.29, 1.82) is 5.26 Å². The summed E-state index contributed by atoms with van der Waals surface area (Å²) < 4.78 is 0. The summed E-state index contributed by atoms with van der Waals surface area (Å²) in [6.45, 7) is 1.98. The molecule has 0 aliphatic rings. The molecule has 1 aromatic rings. The molecule has 0 radical (unpaired) electrons. The van der Waals surface area contributed by atoms with E-state index in [4.69, 9.17) is 5.26 Å². The SMILES string of the molecule is Cc1ccnc(C#CCC#N)c1. The molecule has 1 aromatic heterocycles. The molecule has 0 unspecified atom stereocenters. The molecule has 1 rings (SSSR count). The van der Waals surface area contributed by atoms with Crippen molar-refractivity contribution in [1.82, 2.24) is 4.98 Å². The second kappa shape index (κ2) is 4.16. The Morgan fingerprint density at radius 1 is 1.58 bits per heavy atom. The predicted molar refractivity (Wildman–Crippen MR) is 46.1 cm³/mol. The summed E-state index contributed by atoms with van der Waals surface area (Å²) in [5.41, 5.74) is 1.86. The summed E-state index contributed by atoms with van der Waals surface area (Å²) in [5, 5.41) is 8.23. The summed E-state index contributed by atoms with van der Waals surface area (Å²) in [7, 11) is 0. The standard InChI is InChI=1S/C10H8N2/c1-9-5-7-12-10(8-9)4-2-3-6-11/h5,7-8H,3H2,1H3. The molecule has 2 nitrogen and oxygen atoms in total. The van der Waals surface area contributed by atoms with Gasteiger partial charge in [0.1, 0.15) is 5.69 Å². The molecule has 2 heteroatoms. The molecule has 0 spiro atoms. The molecule has 0 N–H and O–H groups in total. The highest BCUT2D eigenvalue weighted by Gasteiger charge is 1.86. The van der Waals surface area contributed by atoms with Crippen LogP contribution in [0.25, 0.3) is 0 Å². The third-order valence-corrected chi connectivity index (χ3v) is 1.30. The average molecular weight is 156 g/mol. The highest BCUT2D eigenvalue weighted by Crippen LogP contribution is 1.97. The van der Waals surface area contributed by atoms with Gasteiger partial charge in [0.05, 0.1) is 12.5 Å². The monoisotopic (exact) mass is 156 g/mol. The smallest absolute Gasteiger partial charge is 0.113 e. The number of pyridine rings is 1. The number of hydrogen-bond donors (Lipinski definition) is 0. The van der Waals surface area contributed by atoms with Crippen LogP contribution in [0, 0.1) is 30.1 Å². The van der Waals surface area contributed by atoms with Gasteiger partial charge in [-0.15, -0.1) is 0 Å². The minimum atomic E-state index is 0.260. The van der Waals surface area contributed by atoms with Crippen molar-refractivity contribution >= 4 is 0 Å². The first-order valence-electron chi connectivity index (χ1n) is 3.61. The largest absolute Gasteiger partial charge is 0.248 e. The van der Waals surface area contributed by atoms with Gasteiger partial charge in [-0.1, -0.05) is 5.92 Å². The Labute approximate surface area is 71.9 Å². The Morgan fingerprint density at radius 3 is 3.08 bits per heavy atom. The quantitative estimate of drug-likeness (QED) is 0.535. The topological polar surface area (TPSA) is 36.7 Å². The summed E-state index contributed by atoms with van der Waals surface area (Å²) >= 11 is 0. The van der Waals surface area contributed by atoms with Gasteiger partial charge in [-0.05, 0) is 30.5 Å². The summed E-state index contributed by atoms with van der Waals surface area (Å²) in [6, 6.07) is 5.76. The van der Waals surface area contributed by atoms with Crippen LogP contribution < -0.4 is 0 Å². The molecule has 0 amide bonds. The van der Waals surface area contributed by atoms with Gasteiger partial charge >= 0.3 is 0 Å². The summed E-state index contributed by atoms with van der Waals surface area (Å²) in [4.78, 5) is 4.03. The van der Waals surface area contributed by atoms with Crippen LogP contribution in [0.15, 0.2) is 18.3 Å². The fourth-order valence-corrected chi connectivity index (χ4v) is 0.779. The molecule has 1 heterocycles. The van der Waals surface area contributed by atoms with Crippen LogP contribution in [0.3, 0.4) is 0 Å². The first-order valence-corrected chi connectivity index (χ1v) is 3.61. The van der Waals surface area contributed by atoms with Crippen LogP contribution in [-0.2, 0) is 0 Å². The zero-order valence-corrected chi connectivity index (χ0v) is 6.83. The predicted octanol–water partition coefficient (Wildman–Crippen LogP) is 1.66. The lowest BCUT2D eigenvalue weighted by Gasteiger charge is -1.90. The first kappa shape index (κ1) is 8.30. The van der Waals surface area contributed by atoms with Crippen molar-refractivity contribution < 1.29 is 0 Å². The fraction of sp³-hybridized carbons (Fsp3) is 0.200. The lowest BCUT2D eigenvalue weighted by atomic mass is 10.2. The van der Waals surface area contributed by atoms with E-state index >= 15 is 0 Å². The molecule has 0 aliphatic carbocycles. The lowest BCUT2D eigenvalue weighted by Crippen LogP contribution is -1.81. The molecule has 0 fully saturated rings. The number of nitrogens with zero attached hydrogens (tertiary/aromatic N) is 2. The first-order chi connectivity index (χ1) is 5.83. The maximum Gasteiger partial charge on any atom is 0.113 e. The molecule has 0 aromatic carbocycles. The van der Waals surface area contributed by atoms with Gasteiger partial charge < -0.3 is 0 Å². The Hall–Kier alpha value is -1.80. The Morgan fingerprint density at radius 2 is 2.42 bits per heavy atom. The van der Waals surface area contributed by atoms with Gasteiger partial charge in [-0.25, -0.2) is 4.98 Å². The molecule has 0 saturated carbocycles. The van der Waals surface area contributed by atoms with Crippen LogP contribution >= 0.6 is 0 Å². The van der Waals surface area contributed by atoms with Crippen LogP contribution in [0.4, 0.5) is 0 Å². The van der Waals surface area contributed by atoms with Crippen LogP contribution in [0.5, 0.6) is 0 Å². The van der Waals surface area contributed by atoms with Crippen molar-refractivity contribution in [2.45, 2.75) is 13.3 Å². The summed E-state index contributed by atoms with van der Waals surface area (Å²) in [6.07, 6.45) is 1.97. The third kappa shape index (κ3) is 2.44. The fourth-order valence-electron chi connectivity index (χ4n) is 0.779. The van der Waals surface area contributed by atoms with E-state index < -0.39 is 0 Å². The Balaban J connectivity index is 2.79. The average Bonchev–Trinajstić information content (AvgIpc) is 2.05. The molecule has 0 atom stereocenters. The molecule has 0 saturated heterocycles. The maximum atomic E-state index is 8.23. The minimum Gasteiger partial charge on any atom is -0.248 e. The highest BCUT2D eigenvalue weighted by molar-refractivity contribution is 5.30. The third-order valence-electron chi connectivity index (χ3n) is 1.30. The van der Waals surface area contributed by atoms with Crippen LogP contribution in [-0.4, -0.2) is 4.98 Å². The van der Waals surface area contributed by atoms with Gasteiger partial charge in [0, 0.05) is 6.20 Å². The molecule has 58 valence electrons. The van der Waals surface area contributed by atoms with Gasteiger partial charge in [0.25, 0.3) is 0 Å². The second-order valence-corrected chi connectivity index (χ2v) is 2.36. The van der Waals surface area contributed by atoms with E-state index in [2.05, 4.69) is 16.8 Å². The Bertz CT molecular complexity index is 363. The summed E-state index contributed by atoms with van der Waals surface area (Å²) in [5.74, 6) is 5.51. The van der Waals surface area contributed by atoms with Crippen molar-refractivity contribution in [3.8, 4) is 17.9 Å². The van der Waals surface area contributed by atoms with Crippen LogP contribution in [0.2, 0.25) is 0 Å². The number of hydrogen-bond acceptors (Lipinski definition) is 2. The van der Waals surface area contributed by atoms with E-state index in [1.54, 1.807) is 6.20 Å². The zero-order chi connectivity index (χ0) is 8.81. The molecule has 0 aliphatic heterocycles. The van der Waals surface area contributed by atoms with Crippen molar-refractivity contribution in [2.75, 3.05) is 0 Å². The van der Waals surface area contributed by atoms with E-state index in [1.807, 2.05) is 25.1 Å². The number of aromatic nitrogens is 1. The normalized spacial score (nSPS) is 8.00. The van der Waals surface area contributed by atoms with E-state index in [0.717, 1.165) is 11.3 Å². The zero-order valence-electron chi connectivity index (χ0n) is 6.83. The lowest BCUT2D eigenvalue weighted by molar-refractivity contribution is 1.25. The number of nitriles is 1. The minimum absolute atomic E-state index is 0.260. The van der Waals surface area contributed by atoms with Crippen molar-refractivity contribution in [3.05, 3.63) is 29.6 Å². The van der Waals surface area contributed by atoms with Gasteiger partial charge in [0.15, 0.2) is 0 Å². The van der Waals surface area contributed by atoms with Crippen molar-refractivity contribution in [2.24, 2.45) is 0 Å². The van der Waals surface area contributed by atoms with E-state index in [-0.39, 0.29) is 6.42 Å². The van der Waals surface area contributed by atoms with Gasteiger partial charge in [-0.3, -0.25) is 0 Å². The second-order valence-electron chi connectivity index (χ2n) is 2.36. The number of rotatable bonds is 0. The van der Waals surface area contributed by atoms with Gasteiger partial charge in [0.2, 0.25) is 0 Å². The maximum absolute atomic E-state index is 8.23. The molecule has 12 heavy (non-hydrogen) atoms. The molecular formula is C10H8N2. The molecule has 0 bridgehead atoms. The number of aryl methyl sites for hydroxylation is 1. The van der Waals surface area contributed by atoms with E-state index in [9.17, 15) is 0 Å².